The molecule has 23 heavy (non-hydrogen) atoms. The molecular weight excluding hydrogens is 314 g/mol. The van der Waals surface area contributed by atoms with Crippen molar-refractivity contribution in [1.29, 1.82) is 0 Å². The van der Waals surface area contributed by atoms with Crippen LogP contribution in [0.25, 0.3) is 0 Å². The minimum atomic E-state index is -0.381. The Morgan fingerprint density at radius 2 is 1.70 bits per heavy atom. The molecule has 0 aliphatic rings. The summed E-state index contributed by atoms with van der Waals surface area (Å²) < 4.78 is 0. The topological polar surface area (TPSA) is 84.3 Å². The maximum atomic E-state index is 11.3. The first-order valence-electron chi connectivity index (χ1n) is 6.93. The molecule has 0 aliphatic heterocycles. The van der Waals surface area contributed by atoms with E-state index in [0.717, 1.165) is 20.9 Å². The summed E-state index contributed by atoms with van der Waals surface area (Å²) in [5.74, 6) is 0. The fraction of sp³-hybridized carbons (Fsp3) is 0.188. The lowest BCUT2D eigenvalue weighted by atomic mass is 10.1. The number of non-ortho nitro benzene ring substituents is 1. The number of aryl methyl sites for hydroxylation is 2. The van der Waals surface area contributed by atoms with E-state index in [1.165, 1.54) is 0 Å². The van der Waals surface area contributed by atoms with Gasteiger partial charge in [-0.25, -0.2) is 4.79 Å². The van der Waals surface area contributed by atoms with E-state index < -0.39 is 0 Å². The molecule has 0 heterocycles. The molecule has 0 radical (unpaired) electrons. The number of anilines is 1. The van der Waals surface area contributed by atoms with Crippen LogP contribution in [0, 0.1) is 24.0 Å². The number of carbonyl (C=O) groups excluding carboxylic acids is 1. The van der Waals surface area contributed by atoms with Gasteiger partial charge >= 0.3 is 6.03 Å². The standard InChI is InChI=1S/C16H17N3O3S/c1-10-8-13(19(21)22)9-11(2)15(10)23-14-6-4-12(5-7-14)18-16(20)17-3/h4-9H,1-3H3,(H2,17,18,20). The molecule has 0 aromatic heterocycles. The molecule has 0 bridgehead atoms. The van der Waals surface area contributed by atoms with Crippen molar-refractivity contribution in [1.82, 2.24) is 5.32 Å². The first kappa shape index (κ1) is 16.8. The van der Waals surface area contributed by atoms with Crippen LogP contribution in [-0.4, -0.2) is 18.0 Å². The van der Waals surface area contributed by atoms with E-state index >= 15 is 0 Å². The van der Waals surface area contributed by atoms with Crippen molar-refractivity contribution < 1.29 is 9.72 Å². The van der Waals surface area contributed by atoms with Gasteiger partial charge in [-0.2, -0.15) is 0 Å². The van der Waals surface area contributed by atoms with Crippen molar-refractivity contribution in [3.63, 3.8) is 0 Å². The molecule has 0 aliphatic carbocycles. The molecule has 0 saturated heterocycles. The first-order valence-corrected chi connectivity index (χ1v) is 7.74. The van der Waals surface area contributed by atoms with Crippen LogP contribution in [0.15, 0.2) is 46.2 Å². The zero-order valence-electron chi connectivity index (χ0n) is 13.0. The van der Waals surface area contributed by atoms with Crippen molar-refractivity contribution in [2.45, 2.75) is 23.6 Å². The highest BCUT2D eigenvalue weighted by Gasteiger charge is 2.13. The van der Waals surface area contributed by atoms with E-state index in [4.69, 9.17) is 0 Å². The van der Waals surface area contributed by atoms with Crippen LogP contribution < -0.4 is 10.6 Å². The number of rotatable bonds is 4. The summed E-state index contributed by atoms with van der Waals surface area (Å²) in [6.07, 6.45) is 0. The molecule has 2 rings (SSSR count). The average molecular weight is 331 g/mol. The lowest BCUT2D eigenvalue weighted by Gasteiger charge is -2.10. The number of nitro groups is 1. The maximum Gasteiger partial charge on any atom is 0.318 e. The largest absolute Gasteiger partial charge is 0.341 e. The molecular formula is C16H17N3O3S. The Bertz CT molecular complexity index is 722. The molecule has 0 unspecified atom stereocenters. The quantitative estimate of drug-likeness (QED) is 0.652. The van der Waals surface area contributed by atoms with Gasteiger partial charge in [-0.05, 0) is 49.2 Å². The predicted octanol–water partition coefficient (Wildman–Crippen LogP) is 4.11. The van der Waals surface area contributed by atoms with E-state index in [-0.39, 0.29) is 16.6 Å². The summed E-state index contributed by atoms with van der Waals surface area (Å²) in [7, 11) is 1.56. The van der Waals surface area contributed by atoms with Gasteiger partial charge in [-0.15, -0.1) is 0 Å². The third-order valence-corrected chi connectivity index (χ3v) is 4.57. The molecule has 2 aromatic carbocycles. The smallest absolute Gasteiger partial charge is 0.318 e. The molecule has 2 N–H and O–H groups in total. The normalized spacial score (nSPS) is 10.2. The van der Waals surface area contributed by atoms with Crippen LogP contribution in [0.5, 0.6) is 0 Å². The Labute approximate surface area is 138 Å². The van der Waals surface area contributed by atoms with Crippen molar-refractivity contribution in [3.8, 4) is 0 Å². The SMILES string of the molecule is CNC(=O)Nc1ccc(Sc2c(C)cc([N+](=O)[O-])cc2C)cc1. The lowest BCUT2D eigenvalue weighted by Crippen LogP contribution is -2.24. The number of nitrogens with one attached hydrogen (secondary N) is 2. The van der Waals surface area contributed by atoms with Crippen LogP contribution >= 0.6 is 11.8 Å². The minimum absolute atomic E-state index is 0.106. The van der Waals surface area contributed by atoms with Crippen LogP contribution in [0.4, 0.5) is 16.2 Å². The van der Waals surface area contributed by atoms with Crippen LogP contribution in [-0.2, 0) is 0 Å². The number of carbonyl (C=O) groups is 1. The summed E-state index contributed by atoms with van der Waals surface area (Å²) in [5.41, 5.74) is 2.55. The molecule has 0 spiro atoms. The zero-order chi connectivity index (χ0) is 17.0. The second kappa shape index (κ2) is 7.15. The third-order valence-electron chi connectivity index (χ3n) is 3.22. The molecule has 7 heteroatoms. The Morgan fingerprint density at radius 3 is 2.17 bits per heavy atom. The number of hydrogen-bond donors (Lipinski definition) is 2. The highest BCUT2D eigenvalue weighted by atomic mass is 32.2. The third kappa shape index (κ3) is 4.23. The summed E-state index contributed by atoms with van der Waals surface area (Å²) in [6, 6.07) is 10.3. The first-order chi connectivity index (χ1) is 10.9. The van der Waals surface area contributed by atoms with Crippen LogP contribution in [0.2, 0.25) is 0 Å². The average Bonchev–Trinajstić information content (AvgIpc) is 2.52. The summed E-state index contributed by atoms with van der Waals surface area (Å²) in [5, 5.41) is 16.1. The van der Waals surface area contributed by atoms with Crippen molar-refractivity contribution >= 4 is 29.2 Å². The Balaban J connectivity index is 2.19. The summed E-state index contributed by atoms with van der Waals surface area (Å²) in [4.78, 5) is 23.7. The molecule has 2 amide bonds. The molecule has 0 fully saturated rings. The predicted molar refractivity (Wildman–Crippen MR) is 91.2 cm³/mol. The lowest BCUT2D eigenvalue weighted by molar-refractivity contribution is -0.385. The monoisotopic (exact) mass is 331 g/mol. The van der Waals surface area contributed by atoms with Crippen molar-refractivity contribution in [2.24, 2.45) is 0 Å². The van der Waals surface area contributed by atoms with Crippen LogP contribution in [0.1, 0.15) is 11.1 Å². The minimum Gasteiger partial charge on any atom is -0.341 e. The van der Waals surface area contributed by atoms with Gasteiger partial charge in [0.2, 0.25) is 0 Å². The van der Waals surface area contributed by atoms with E-state index in [1.54, 1.807) is 30.9 Å². The van der Waals surface area contributed by atoms with E-state index in [2.05, 4.69) is 10.6 Å². The number of hydrogen-bond acceptors (Lipinski definition) is 4. The zero-order valence-corrected chi connectivity index (χ0v) is 13.9. The number of amides is 2. The van der Waals surface area contributed by atoms with Gasteiger partial charge in [-0.1, -0.05) is 11.8 Å². The van der Waals surface area contributed by atoms with Gasteiger partial charge in [-0.3, -0.25) is 10.1 Å². The second-order valence-corrected chi connectivity index (χ2v) is 6.08. The maximum absolute atomic E-state index is 11.3. The highest BCUT2D eigenvalue weighted by Crippen LogP contribution is 2.35. The van der Waals surface area contributed by atoms with Crippen molar-refractivity contribution in [3.05, 3.63) is 57.6 Å². The fourth-order valence-electron chi connectivity index (χ4n) is 2.11. The molecule has 120 valence electrons. The Hall–Kier alpha value is -2.54. The van der Waals surface area contributed by atoms with Crippen molar-refractivity contribution in [2.75, 3.05) is 12.4 Å². The summed E-state index contributed by atoms with van der Waals surface area (Å²) in [6.45, 7) is 3.73. The Morgan fingerprint density at radius 1 is 1.13 bits per heavy atom. The molecule has 2 aromatic rings. The number of nitro benzene ring substituents is 1. The van der Waals surface area contributed by atoms with Gasteiger partial charge in [0.25, 0.3) is 5.69 Å². The molecule has 0 atom stereocenters. The fourth-order valence-corrected chi connectivity index (χ4v) is 3.06. The van der Waals surface area contributed by atoms with Gasteiger partial charge in [0.15, 0.2) is 0 Å². The molecule has 6 nitrogen and oxygen atoms in total. The van der Waals surface area contributed by atoms with Gasteiger partial charge < -0.3 is 10.6 Å². The van der Waals surface area contributed by atoms with E-state index in [1.807, 2.05) is 38.1 Å². The second-order valence-electron chi connectivity index (χ2n) is 5.00. The van der Waals surface area contributed by atoms with Gasteiger partial charge in [0.05, 0.1) is 4.92 Å². The Kier molecular flexibility index (Phi) is 5.23. The van der Waals surface area contributed by atoms with Gasteiger partial charge in [0.1, 0.15) is 0 Å². The highest BCUT2D eigenvalue weighted by molar-refractivity contribution is 7.99. The number of urea groups is 1. The number of nitrogens with zero attached hydrogens (tertiary/aromatic N) is 1. The van der Waals surface area contributed by atoms with E-state index in [9.17, 15) is 14.9 Å². The van der Waals surface area contributed by atoms with Gasteiger partial charge in [0, 0.05) is 34.7 Å². The molecule has 0 saturated carbocycles. The number of benzene rings is 2. The van der Waals surface area contributed by atoms with Crippen LogP contribution in [0.3, 0.4) is 0 Å². The summed E-state index contributed by atoms with van der Waals surface area (Å²) >= 11 is 1.54. The van der Waals surface area contributed by atoms with E-state index in [0.29, 0.717) is 5.69 Å².